The third kappa shape index (κ3) is 4.70. The van der Waals surface area contributed by atoms with Gasteiger partial charge in [-0.15, -0.1) is 0 Å². The number of hydrogen-bond acceptors (Lipinski definition) is 3. The zero-order valence-corrected chi connectivity index (χ0v) is 13.9. The van der Waals surface area contributed by atoms with E-state index in [4.69, 9.17) is 4.74 Å². The van der Waals surface area contributed by atoms with Gasteiger partial charge in [-0.2, -0.15) is 0 Å². The first-order chi connectivity index (χ1) is 11.2. The number of rotatable bonds is 9. The standard InChI is InChI=1S/C19H25NO3/c1-3-20(4-2)13-14-23-18-11-9-15-7-5-6-8-16(15)17(18)10-12-19(21)22/h5-9,11H,3-4,10,12-14H2,1-2H3,(H,21,22). The molecule has 0 aliphatic carbocycles. The summed E-state index contributed by atoms with van der Waals surface area (Å²) in [5, 5.41) is 13.0. The fourth-order valence-corrected chi connectivity index (χ4v) is 2.84. The van der Waals surface area contributed by atoms with Crippen molar-refractivity contribution in [3.8, 4) is 5.75 Å². The molecule has 0 fully saturated rings. The van der Waals surface area contributed by atoms with Crippen molar-refractivity contribution in [1.82, 2.24) is 0 Å². The van der Waals surface area contributed by atoms with Crippen LogP contribution in [0.5, 0.6) is 5.75 Å². The third-order valence-corrected chi connectivity index (χ3v) is 4.29. The number of benzene rings is 2. The van der Waals surface area contributed by atoms with Gasteiger partial charge in [0.25, 0.3) is 0 Å². The lowest BCUT2D eigenvalue weighted by Crippen LogP contribution is -3.12. The smallest absolute Gasteiger partial charge is 0.137 e. The number of fused-ring (bicyclic) bond motifs is 1. The fraction of sp³-hybridized carbons (Fsp3) is 0.421. The first kappa shape index (κ1) is 17.3. The average Bonchev–Trinajstić information content (AvgIpc) is 2.57. The Morgan fingerprint density at radius 2 is 1.87 bits per heavy atom. The monoisotopic (exact) mass is 315 g/mol. The molecule has 124 valence electrons. The molecule has 0 saturated carbocycles. The molecule has 1 N–H and O–H groups in total. The fourth-order valence-electron chi connectivity index (χ4n) is 2.84. The minimum absolute atomic E-state index is 0.00562. The number of quaternary nitrogens is 1. The molecule has 4 heteroatoms. The van der Waals surface area contributed by atoms with Gasteiger partial charge in [0, 0.05) is 11.5 Å². The second-order valence-electron chi connectivity index (χ2n) is 5.69. The summed E-state index contributed by atoms with van der Waals surface area (Å²) in [6, 6.07) is 12.0. The Bertz CT molecular complexity index is 650. The van der Waals surface area contributed by atoms with Crippen LogP contribution < -0.4 is 14.7 Å². The number of carbonyl (C=O) groups is 1. The normalized spacial score (nSPS) is 11.1. The van der Waals surface area contributed by atoms with E-state index in [1.807, 2.05) is 36.4 Å². The Balaban J connectivity index is 2.20. The van der Waals surface area contributed by atoms with Gasteiger partial charge in [-0.3, -0.25) is 0 Å². The van der Waals surface area contributed by atoms with Crippen LogP contribution in [0.4, 0.5) is 0 Å². The number of aryl methyl sites for hydroxylation is 1. The second-order valence-corrected chi connectivity index (χ2v) is 5.69. The molecule has 2 aromatic carbocycles. The molecule has 0 aliphatic heterocycles. The van der Waals surface area contributed by atoms with E-state index < -0.39 is 5.97 Å². The number of aliphatic carboxylic acids is 1. The van der Waals surface area contributed by atoms with E-state index >= 15 is 0 Å². The number of likely N-dealkylation sites (N-methyl/N-ethyl adjacent to an activating group) is 1. The van der Waals surface area contributed by atoms with Crippen molar-refractivity contribution in [1.29, 1.82) is 0 Å². The number of carboxylic acid groups (broad SMARTS) is 1. The lowest BCUT2D eigenvalue weighted by atomic mass is 10.00. The topological polar surface area (TPSA) is 53.8 Å². The van der Waals surface area contributed by atoms with E-state index in [1.165, 1.54) is 4.90 Å². The zero-order chi connectivity index (χ0) is 16.7. The molecule has 0 spiro atoms. The number of hydrogen-bond donors (Lipinski definition) is 1. The Hall–Kier alpha value is -2.07. The highest BCUT2D eigenvalue weighted by molar-refractivity contribution is 5.88. The maximum Gasteiger partial charge on any atom is 0.137 e. The lowest BCUT2D eigenvalue weighted by Gasteiger charge is -2.18. The predicted molar refractivity (Wildman–Crippen MR) is 89.7 cm³/mol. The van der Waals surface area contributed by atoms with Gasteiger partial charge < -0.3 is 19.5 Å². The Labute approximate surface area is 137 Å². The van der Waals surface area contributed by atoms with Crippen molar-refractivity contribution in [3.05, 3.63) is 42.0 Å². The summed E-state index contributed by atoms with van der Waals surface area (Å²) >= 11 is 0. The van der Waals surface area contributed by atoms with Crippen molar-refractivity contribution in [2.75, 3.05) is 26.2 Å². The quantitative estimate of drug-likeness (QED) is 0.745. The molecule has 2 aromatic rings. The van der Waals surface area contributed by atoms with Gasteiger partial charge in [-0.05, 0) is 43.5 Å². The number of carboxylic acids is 1. The molecule has 0 radical (unpaired) electrons. The van der Waals surface area contributed by atoms with E-state index in [2.05, 4.69) is 13.8 Å². The van der Waals surface area contributed by atoms with Crippen LogP contribution >= 0.6 is 0 Å². The van der Waals surface area contributed by atoms with Gasteiger partial charge in [-0.25, -0.2) is 0 Å². The van der Waals surface area contributed by atoms with Crippen molar-refractivity contribution in [3.63, 3.8) is 0 Å². The minimum Gasteiger partial charge on any atom is -0.550 e. The summed E-state index contributed by atoms with van der Waals surface area (Å²) in [5.74, 6) is -0.243. The van der Waals surface area contributed by atoms with Crippen LogP contribution in [0.15, 0.2) is 36.4 Å². The number of carbonyl (C=O) groups excluding carboxylic acids is 1. The van der Waals surface area contributed by atoms with Crippen LogP contribution in [0.2, 0.25) is 0 Å². The van der Waals surface area contributed by atoms with Gasteiger partial charge in [-0.1, -0.05) is 30.3 Å². The van der Waals surface area contributed by atoms with Crippen LogP contribution in [0.1, 0.15) is 25.8 Å². The maximum atomic E-state index is 10.8. The van der Waals surface area contributed by atoms with Crippen LogP contribution in [0, 0.1) is 0 Å². The molecule has 0 aliphatic rings. The first-order valence-electron chi connectivity index (χ1n) is 8.32. The maximum absolute atomic E-state index is 10.8. The molecule has 2 rings (SSSR count). The molecule has 0 aromatic heterocycles. The lowest BCUT2D eigenvalue weighted by molar-refractivity contribution is -0.896. The molecular formula is C19H25NO3. The SMILES string of the molecule is CC[NH+](CC)CCOc1ccc2ccccc2c1CCC(=O)[O-]. The van der Waals surface area contributed by atoms with Gasteiger partial charge in [0.15, 0.2) is 0 Å². The highest BCUT2D eigenvalue weighted by Gasteiger charge is 2.10. The molecule has 0 bridgehead atoms. The second kappa shape index (κ2) is 8.53. The van der Waals surface area contributed by atoms with Gasteiger partial charge in [0.05, 0.1) is 13.1 Å². The van der Waals surface area contributed by atoms with Crippen LogP contribution in [-0.2, 0) is 11.2 Å². The largest absolute Gasteiger partial charge is 0.550 e. The molecule has 0 amide bonds. The Kier molecular flexibility index (Phi) is 6.41. The summed E-state index contributed by atoms with van der Waals surface area (Å²) < 4.78 is 5.98. The number of ether oxygens (including phenoxy) is 1. The molecule has 0 atom stereocenters. The highest BCUT2D eigenvalue weighted by Crippen LogP contribution is 2.29. The van der Waals surface area contributed by atoms with Crippen LogP contribution in [-0.4, -0.2) is 32.2 Å². The summed E-state index contributed by atoms with van der Waals surface area (Å²) in [5.41, 5.74) is 0.960. The van der Waals surface area contributed by atoms with E-state index in [-0.39, 0.29) is 6.42 Å². The minimum atomic E-state index is -1.03. The van der Waals surface area contributed by atoms with Gasteiger partial charge >= 0.3 is 0 Å². The molecule has 0 unspecified atom stereocenters. The van der Waals surface area contributed by atoms with Gasteiger partial charge in [0.1, 0.15) is 18.9 Å². The van der Waals surface area contributed by atoms with Crippen molar-refractivity contribution in [2.24, 2.45) is 0 Å². The van der Waals surface area contributed by atoms with Crippen molar-refractivity contribution >= 4 is 16.7 Å². The Morgan fingerprint density at radius 3 is 2.57 bits per heavy atom. The zero-order valence-electron chi connectivity index (χ0n) is 13.9. The van der Waals surface area contributed by atoms with Crippen LogP contribution in [0.3, 0.4) is 0 Å². The van der Waals surface area contributed by atoms with Crippen molar-refractivity contribution < 1.29 is 19.5 Å². The number of nitrogens with one attached hydrogen (secondary N) is 1. The van der Waals surface area contributed by atoms with Crippen LogP contribution in [0.25, 0.3) is 10.8 Å². The van der Waals surface area contributed by atoms with Crippen molar-refractivity contribution in [2.45, 2.75) is 26.7 Å². The third-order valence-electron chi connectivity index (χ3n) is 4.29. The van der Waals surface area contributed by atoms with E-state index in [9.17, 15) is 9.90 Å². The van der Waals surface area contributed by atoms with E-state index in [0.717, 1.165) is 41.7 Å². The average molecular weight is 315 g/mol. The highest BCUT2D eigenvalue weighted by atomic mass is 16.5. The predicted octanol–water partition coefficient (Wildman–Crippen LogP) is 0.826. The molecular weight excluding hydrogens is 290 g/mol. The molecule has 4 nitrogen and oxygen atoms in total. The Morgan fingerprint density at radius 1 is 1.13 bits per heavy atom. The first-order valence-corrected chi connectivity index (χ1v) is 8.32. The van der Waals surface area contributed by atoms with E-state index in [0.29, 0.717) is 13.0 Å². The summed E-state index contributed by atoms with van der Waals surface area (Å²) in [6.45, 7) is 8.07. The van der Waals surface area contributed by atoms with E-state index in [1.54, 1.807) is 0 Å². The summed E-state index contributed by atoms with van der Waals surface area (Å²) in [6.07, 6.45) is 0.433. The summed E-state index contributed by atoms with van der Waals surface area (Å²) in [7, 11) is 0. The van der Waals surface area contributed by atoms with Gasteiger partial charge in [0.2, 0.25) is 0 Å². The molecule has 0 saturated heterocycles. The molecule has 23 heavy (non-hydrogen) atoms. The summed E-state index contributed by atoms with van der Waals surface area (Å²) in [4.78, 5) is 12.3. The molecule has 0 heterocycles.